The van der Waals surface area contributed by atoms with Crippen LogP contribution < -0.4 is 10.1 Å². The first kappa shape index (κ1) is 39.2. The van der Waals surface area contributed by atoms with Crippen LogP contribution in [0, 0.1) is 0 Å². The van der Waals surface area contributed by atoms with Gasteiger partial charge in [0.1, 0.15) is 34.3 Å². The maximum atomic E-state index is 12.1. The van der Waals surface area contributed by atoms with E-state index >= 15 is 0 Å². The summed E-state index contributed by atoms with van der Waals surface area (Å²) in [4.78, 5) is 30.0. The third-order valence-corrected chi connectivity index (χ3v) is 10.6. The number of carbonyl (C=O) groups excluding carboxylic acids is 1. The second-order valence-electron chi connectivity index (χ2n) is 15.6. The first-order chi connectivity index (χ1) is 29.7. The summed E-state index contributed by atoms with van der Waals surface area (Å²) in [5.41, 5.74) is 8.16. The van der Waals surface area contributed by atoms with E-state index in [1.807, 2.05) is 87.5 Å². The molecular formula is C50H42ClN7O3. The van der Waals surface area contributed by atoms with Gasteiger partial charge in [-0.15, -0.1) is 0 Å². The van der Waals surface area contributed by atoms with Crippen molar-refractivity contribution in [1.29, 1.82) is 0 Å². The summed E-state index contributed by atoms with van der Waals surface area (Å²) in [6, 6.07) is 51.6. The van der Waals surface area contributed by atoms with Crippen molar-refractivity contribution >= 4 is 39.6 Å². The van der Waals surface area contributed by atoms with Gasteiger partial charge in [0, 0.05) is 16.5 Å². The third-order valence-electron chi connectivity index (χ3n) is 10.4. The van der Waals surface area contributed by atoms with Gasteiger partial charge in [0.05, 0.1) is 41.2 Å². The minimum absolute atomic E-state index is 0.272. The number of hydrogen-bond acceptors (Lipinski definition) is 7. The number of aromatic amines is 1. The quantitative estimate of drug-likeness (QED) is 0.0984. The van der Waals surface area contributed by atoms with Gasteiger partial charge in [-0.25, -0.2) is 19.4 Å². The van der Waals surface area contributed by atoms with E-state index in [0.29, 0.717) is 34.7 Å². The number of benzene rings is 6. The molecule has 3 heterocycles. The standard InChI is InChI=1S/C50H42ClN7O3/c1-49(2,3)61-48(59)53-27-28-60-38-22-13-15-33(29-38)39-23-14-24-41-45(39)56-47(55-41)46-40-30-34(42-31-52-32-44(51)54-42)25-26-43(40)58(57-46)50(35-16-7-4-8-17-35,36-18-9-5-10-19-36)37-20-11-6-12-21-37/h4-26,29-32H,27-28H2,1-3H3,(H,53,59)(H,55,56). The van der Waals surface area contributed by atoms with Crippen molar-refractivity contribution in [3.05, 3.63) is 186 Å². The summed E-state index contributed by atoms with van der Waals surface area (Å²) in [6.07, 6.45) is 2.75. The van der Waals surface area contributed by atoms with Gasteiger partial charge in [-0.1, -0.05) is 133 Å². The highest BCUT2D eigenvalue weighted by Gasteiger charge is 2.41. The predicted molar refractivity (Wildman–Crippen MR) is 241 cm³/mol. The van der Waals surface area contributed by atoms with E-state index in [4.69, 9.17) is 31.2 Å². The molecule has 0 radical (unpaired) electrons. The Morgan fingerprint density at radius 3 is 2.07 bits per heavy atom. The van der Waals surface area contributed by atoms with Gasteiger partial charge >= 0.3 is 6.09 Å². The SMILES string of the molecule is CC(C)(C)OC(=O)NCCOc1cccc(-c2cccc3[nH]c(-c4nn(C(c5ccccc5)(c5ccccc5)c5ccccc5)c5ccc(-c6cncc(Cl)n6)cc45)nc23)c1. The van der Waals surface area contributed by atoms with Crippen molar-refractivity contribution in [3.63, 3.8) is 0 Å². The third kappa shape index (κ3) is 7.81. The normalized spacial score (nSPS) is 11.8. The molecule has 2 N–H and O–H groups in total. The van der Waals surface area contributed by atoms with E-state index in [-0.39, 0.29) is 6.61 Å². The Morgan fingerprint density at radius 1 is 0.738 bits per heavy atom. The summed E-state index contributed by atoms with van der Waals surface area (Å²) < 4.78 is 13.5. The lowest BCUT2D eigenvalue weighted by atomic mass is 9.77. The van der Waals surface area contributed by atoms with Crippen LogP contribution >= 0.6 is 11.6 Å². The molecule has 0 saturated heterocycles. The molecule has 0 aliphatic rings. The Balaban J connectivity index is 1.19. The monoisotopic (exact) mass is 823 g/mol. The number of carbonyl (C=O) groups is 1. The van der Waals surface area contributed by atoms with E-state index in [0.717, 1.165) is 55.3 Å². The number of halogens is 1. The van der Waals surface area contributed by atoms with Gasteiger partial charge in [0.25, 0.3) is 0 Å². The molecule has 0 bridgehead atoms. The minimum atomic E-state index is -0.891. The fourth-order valence-electron chi connectivity index (χ4n) is 7.86. The summed E-state index contributed by atoms with van der Waals surface area (Å²) >= 11 is 6.36. The second-order valence-corrected chi connectivity index (χ2v) is 16.0. The van der Waals surface area contributed by atoms with Gasteiger partial charge in [0.2, 0.25) is 0 Å². The van der Waals surface area contributed by atoms with Gasteiger partial charge in [-0.2, -0.15) is 5.10 Å². The van der Waals surface area contributed by atoms with Crippen molar-refractivity contribution in [2.75, 3.05) is 13.2 Å². The number of ether oxygens (including phenoxy) is 2. The van der Waals surface area contributed by atoms with Gasteiger partial charge < -0.3 is 19.8 Å². The van der Waals surface area contributed by atoms with Crippen LogP contribution in [0.15, 0.2) is 164 Å². The van der Waals surface area contributed by atoms with E-state index in [2.05, 4.69) is 110 Å². The van der Waals surface area contributed by atoms with Gasteiger partial charge in [-0.05, 0) is 73.4 Å². The maximum Gasteiger partial charge on any atom is 0.407 e. The lowest BCUT2D eigenvalue weighted by Gasteiger charge is -2.37. The molecule has 9 rings (SSSR count). The minimum Gasteiger partial charge on any atom is -0.492 e. The van der Waals surface area contributed by atoms with Crippen molar-refractivity contribution in [1.82, 2.24) is 35.0 Å². The number of fused-ring (bicyclic) bond motifs is 2. The molecule has 0 unspecified atom stereocenters. The number of aromatic nitrogens is 6. The van der Waals surface area contributed by atoms with Crippen molar-refractivity contribution < 1.29 is 14.3 Å². The molecule has 10 nitrogen and oxygen atoms in total. The van der Waals surface area contributed by atoms with Crippen molar-refractivity contribution in [2.45, 2.75) is 31.9 Å². The molecule has 302 valence electrons. The summed E-state index contributed by atoms with van der Waals surface area (Å²) in [6.45, 7) is 6.05. The number of nitrogens with one attached hydrogen (secondary N) is 2. The first-order valence-electron chi connectivity index (χ1n) is 20.0. The maximum absolute atomic E-state index is 12.1. The molecule has 6 aromatic carbocycles. The smallest absolute Gasteiger partial charge is 0.407 e. The zero-order chi connectivity index (χ0) is 42.0. The Kier molecular flexibility index (Phi) is 10.5. The van der Waals surface area contributed by atoms with E-state index in [1.54, 1.807) is 6.20 Å². The average Bonchev–Trinajstić information content (AvgIpc) is 3.88. The largest absolute Gasteiger partial charge is 0.492 e. The van der Waals surface area contributed by atoms with Crippen LogP contribution in [0.3, 0.4) is 0 Å². The second kappa shape index (κ2) is 16.4. The fraction of sp³-hybridized carbons (Fsp3) is 0.140. The van der Waals surface area contributed by atoms with Crippen LogP contribution in [-0.4, -0.2) is 54.6 Å². The molecule has 0 atom stereocenters. The Bertz CT molecular complexity index is 2880. The molecule has 0 spiro atoms. The Morgan fingerprint density at radius 2 is 1.41 bits per heavy atom. The summed E-state index contributed by atoms with van der Waals surface area (Å²) in [5, 5.41) is 9.52. The molecule has 9 aromatic rings. The lowest BCUT2D eigenvalue weighted by Crippen LogP contribution is -2.38. The number of alkyl carbamates (subject to hydrolysis) is 1. The van der Waals surface area contributed by atoms with Crippen LogP contribution in [0.1, 0.15) is 37.5 Å². The highest BCUT2D eigenvalue weighted by Crippen LogP contribution is 2.45. The molecule has 61 heavy (non-hydrogen) atoms. The number of imidazole rings is 1. The molecule has 0 saturated carbocycles. The number of nitrogens with zero attached hydrogens (tertiary/aromatic N) is 5. The van der Waals surface area contributed by atoms with Crippen LogP contribution in [0.2, 0.25) is 5.15 Å². The van der Waals surface area contributed by atoms with Gasteiger partial charge in [-0.3, -0.25) is 4.98 Å². The molecular weight excluding hydrogens is 782 g/mol. The topological polar surface area (TPSA) is 120 Å². The van der Waals surface area contributed by atoms with E-state index < -0.39 is 17.2 Å². The van der Waals surface area contributed by atoms with Crippen LogP contribution in [-0.2, 0) is 10.3 Å². The zero-order valence-corrected chi connectivity index (χ0v) is 34.6. The predicted octanol–water partition coefficient (Wildman–Crippen LogP) is 11.1. The van der Waals surface area contributed by atoms with E-state index in [9.17, 15) is 4.79 Å². The number of amides is 1. The molecule has 3 aromatic heterocycles. The number of rotatable bonds is 11. The molecule has 1 amide bonds. The Hall–Kier alpha value is -7.30. The van der Waals surface area contributed by atoms with Gasteiger partial charge in [0.15, 0.2) is 5.82 Å². The van der Waals surface area contributed by atoms with Crippen LogP contribution in [0.5, 0.6) is 5.75 Å². The molecule has 0 aliphatic carbocycles. The highest BCUT2D eigenvalue weighted by molar-refractivity contribution is 6.29. The fourth-order valence-corrected chi connectivity index (χ4v) is 8.01. The highest BCUT2D eigenvalue weighted by atomic mass is 35.5. The number of H-pyrrole nitrogens is 1. The number of hydrogen-bond donors (Lipinski definition) is 2. The van der Waals surface area contributed by atoms with Crippen LogP contribution in [0.25, 0.3) is 55.8 Å². The zero-order valence-electron chi connectivity index (χ0n) is 33.8. The average molecular weight is 824 g/mol. The molecule has 0 fully saturated rings. The van der Waals surface area contributed by atoms with Crippen molar-refractivity contribution in [3.8, 4) is 39.7 Å². The molecule has 0 aliphatic heterocycles. The molecule has 11 heteroatoms. The Labute approximate surface area is 358 Å². The number of para-hydroxylation sites is 1. The van der Waals surface area contributed by atoms with E-state index in [1.165, 1.54) is 6.20 Å². The van der Waals surface area contributed by atoms with Crippen LogP contribution in [0.4, 0.5) is 4.79 Å². The summed E-state index contributed by atoms with van der Waals surface area (Å²) in [7, 11) is 0. The summed E-state index contributed by atoms with van der Waals surface area (Å²) in [5.74, 6) is 1.26. The van der Waals surface area contributed by atoms with Crippen molar-refractivity contribution in [2.24, 2.45) is 0 Å². The lowest BCUT2D eigenvalue weighted by molar-refractivity contribution is 0.0520. The first-order valence-corrected chi connectivity index (χ1v) is 20.4.